The van der Waals surface area contributed by atoms with Crippen LogP contribution in [0.2, 0.25) is 0 Å². The molecule has 5 heteroatoms. The van der Waals surface area contributed by atoms with Crippen molar-refractivity contribution in [3.05, 3.63) is 29.8 Å². The SMILES string of the molecule is Cc1ccc(S(=O)(=O)N/N=C2\CCC2(C)C2CC2)cc1. The number of hydrazone groups is 1. The molecule has 0 aliphatic heterocycles. The Kier molecular flexibility index (Phi) is 3.12. The van der Waals surface area contributed by atoms with Gasteiger partial charge in [-0.15, -0.1) is 0 Å². The van der Waals surface area contributed by atoms with Crippen LogP contribution in [-0.4, -0.2) is 14.1 Å². The molecular formula is C15H20N2O2S. The summed E-state index contributed by atoms with van der Waals surface area (Å²) in [7, 11) is -3.54. The molecule has 3 rings (SSSR count). The molecule has 0 radical (unpaired) electrons. The minimum Gasteiger partial charge on any atom is -0.200 e. The van der Waals surface area contributed by atoms with Gasteiger partial charge in [-0.25, -0.2) is 4.83 Å². The van der Waals surface area contributed by atoms with E-state index in [9.17, 15) is 8.42 Å². The monoisotopic (exact) mass is 292 g/mol. The molecule has 2 aliphatic rings. The van der Waals surface area contributed by atoms with Crippen LogP contribution in [0.25, 0.3) is 0 Å². The van der Waals surface area contributed by atoms with E-state index in [1.807, 2.05) is 6.92 Å². The molecule has 0 saturated heterocycles. The van der Waals surface area contributed by atoms with Gasteiger partial charge in [0.15, 0.2) is 0 Å². The van der Waals surface area contributed by atoms with Gasteiger partial charge in [0.1, 0.15) is 0 Å². The predicted molar refractivity (Wildman–Crippen MR) is 79.0 cm³/mol. The van der Waals surface area contributed by atoms with Crippen molar-refractivity contribution in [2.45, 2.75) is 44.4 Å². The predicted octanol–water partition coefficient (Wildman–Crippen LogP) is 2.84. The standard InChI is InChI=1S/C15H20N2O2S/c1-11-3-7-13(8-4-11)20(18,19)17-16-14-9-10-15(14,2)12-5-6-12/h3-4,7-8,12,17H,5-6,9-10H2,1-2H3/b16-14+. The van der Waals surface area contributed by atoms with E-state index in [4.69, 9.17) is 0 Å². The number of rotatable bonds is 4. The molecule has 0 spiro atoms. The molecule has 2 aliphatic carbocycles. The van der Waals surface area contributed by atoms with E-state index in [0.717, 1.165) is 24.1 Å². The number of aryl methyl sites for hydroxylation is 1. The van der Waals surface area contributed by atoms with Crippen LogP contribution in [0.3, 0.4) is 0 Å². The van der Waals surface area contributed by atoms with Crippen LogP contribution in [0.4, 0.5) is 0 Å². The average Bonchev–Trinajstić information content (AvgIpc) is 3.21. The molecule has 20 heavy (non-hydrogen) atoms. The van der Waals surface area contributed by atoms with Gasteiger partial charge >= 0.3 is 0 Å². The van der Waals surface area contributed by atoms with Crippen molar-refractivity contribution in [1.29, 1.82) is 0 Å². The molecule has 1 aromatic carbocycles. The normalized spacial score (nSPS) is 28.2. The summed E-state index contributed by atoms with van der Waals surface area (Å²) < 4.78 is 24.3. The lowest BCUT2D eigenvalue weighted by molar-refractivity contribution is 0.312. The molecule has 2 fully saturated rings. The summed E-state index contributed by atoms with van der Waals surface area (Å²) in [4.78, 5) is 2.66. The highest BCUT2D eigenvalue weighted by Crippen LogP contribution is 2.54. The number of hydrogen-bond acceptors (Lipinski definition) is 3. The molecule has 1 unspecified atom stereocenters. The van der Waals surface area contributed by atoms with Crippen molar-refractivity contribution in [2.75, 3.05) is 0 Å². The van der Waals surface area contributed by atoms with E-state index in [0.29, 0.717) is 5.92 Å². The lowest BCUT2D eigenvalue weighted by Gasteiger charge is -2.40. The second kappa shape index (κ2) is 4.58. The number of sulfonamides is 1. The number of nitrogens with zero attached hydrogens (tertiary/aromatic N) is 1. The van der Waals surface area contributed by atoms with E-state index in [1.165, 1.54) is 12.8 Å². The van der Waals surface area contributed by atoms with E-state index in [-0.39, 0.29) is 10.3 Å². The van der Waals surface area contributed by atoms with Crippen LogP contribution in [-0.2, 0) is 10.0 Å². The average molecular weight is 292 g/mol. The Morgan fingerprint density at radius 2 is 1.90 bits per heavy atom. The Morgan fingerprint density at radius 3 is 2.40 bits per heavy atom. The third-order valence-electron chi connectivity index (χ3n) is 4.65. The smallest absolute Gasteiger partial charge is 0.200 e. The first-order valence-corrected chi connectivity index (χ1v) is 8.56. The maximum Gasteiger partial charge on any atom is 0.276 e. The molecule has 1 atom stereocenters. The van der Waals surface area contributed by atoms with E-state index in [2.05, 4.69) is 16.9 Å². The van der Waals surface area contributed by atoms with Crippen LogP contribution < -0.4 is 4.83 Å². The van der Waals surface area contributed by atoms with Crippen molar-refractivity contribution in [1.82, 2.24) is 4.83 Å². The molecule has 4 nitrogen and oxygen atoms in total. The molecule has 108 valence electrons. The highest BCUT2D eigenvalue weighted by atomic mass is 32.2. The van der Waals surface area contributed by atoms with Crippen LogP contribution >= 0.6 is 0 Å². The molecule has 1 N–H and O–H groups in total. The number of benzene rings is 1. The summed E-state index contributed by atoms with van der Waals surface area (Å²) in [6.45, 7) is 4.13. The lowest BCUT2D eigenvalue weighted by Crippen LogP contribution is -2.41. The largest absolute Gasteiger partial charge is 0.276 e. The highest BCUT2D eigenvalue weighted by Gasteiger charge is 2.50. The first-order valence-electron chi connectivity index (χ1n) is 7.07. The zero-order valence-electron chi connectivity index (χ0n) is 11.9. The zero-order chi connectivity index (χ0) is 14.4. The first-order chi connectivity index (χ1) is 9.42. The third-order valence-corrected chi connectivity index (χ3v) is 5.88. The van der Waals surface area contributed by atoms with E-state index in [1.54, 1.807) is 24.3 Å². The van der Waals surface area contributed by atoms with E-state index >= 15 is 0 Å². The highest BCUT2D eigenvalue weighted by molar-refractivity contribution is 7.89. The summed E-state index contributed by atoms with van der Waals surface area (Å²) in [5.41, 5.74) is 2.18. The fraction of sp³-hybridized carbons (Fsp3) is 0.533. The van der Waals surface area contributed by atoms with Crippen molar-refractivity contribution < 1.29 is 8.42 Å². The molecule has 2 saturated carbocycles. The van der Waals surface area contributed by atoms with Gasteiger partial charge in [-0.1, -0.05) is 24.6 Å². The number of nitrogens with one attached hydrogen (secondary N) is 1. The van der Waals surface area contributed by atoms with Gasteiger partial charge < -0.3 is 0 Å². The zero-order valence-corrected chi connectivity index (χ0v) is 12.7. The Balaban J connectivity index is 1.76. The fourth-order valence-corrected chi connectivity index (χ4v) is 3.69. The fourth-order valence-electron chi connectivity index (χ4n) is 2.86. The van der Waals surface area contributed by atoms with E-state index < -0.39 is 10.0 Å². The minimum absolute atomic E-state index is 0.135. The Hall–Kier alpha value is -1.36. The minimum atomic E-state index is -3.54. The van der Waals surface area contributed by atoms with Crippen molar-refractivity contribution in [2.24, 2.45) is 16.4 Å². The Morgan fingerprint density at radius 1 is 1.25 bits per heavy atom. The van der Waals surface area contributed by atoms with Crippen molar-refractivity contribution >= 4 is 15.7 Å². The van der Waals surface area contributed by atoms with Crippen LogP contribution in [0.5, 0.6) is 0 Å². The Bertz CT molecular complexity index is 645. The van der Waals surface area contributed by atoms with Gasteiger partial charge in [0.05, 0.1) is 4.90 Å². The van der Waals surface area contributed by atoms with Crippen LogP contribution in [0.1, 0.15) is 38.2 Å². The van der Waals surface area contributed by atoms with Gasteiger partial charge in [-0.2, -0.15) is 13.5 Å². The van der Waals surface area contributed by atoms with Crippen LogP contribution in [0.15, 0.2) is 34.3 Å². The molecule has 0 amide bonds. The van der Waals surface area contributed by atoms with Gasteiger partial charge in [0.25, 0.3) is 10.0 Å². The lowest BCUT2D eigenvalue weighted by atomic mass is 9.65. The molecule has 1 aromatic rings. The third kappa shape index (κ3) is 2.35. The summed E-state index contributed by atoms with van der Waals surface area (Å²) >= 11 is 0. The van der Waals surface area contributed by atoms with Gasteiger partial charge in [-0.05, 0) is 50.7 Å². The topological polar surface area (TPSA) is 58.5 Å². The van der Waals surface area contributed by atoms with Crippen LogP contribution in [0, 0.1) is 18.3 Å². The maximum atomic E-state index is 12.2. The molecule has 0 aromatic heterocycles. The molecular weight excluding hydrogens is 272 g/mol. The second-order valence-corrected chi connectivity index (χ2v) is 7.82. The molecule has 0 bridgehead atoms. The maximum absolute atomic E-state index is 12.2. The van der Waals surface area contributed by atoms with Crippen molar-refractivity contribution in [3.8, 4) is 0 Å². The van der Waals surface area contributed by atoms with Crippen molar-refractivity contribution in [3.63, 3.8) is 0 Å². The second-order valence-electron chi connectivity index (χ2n) is 6.16. The van der Waals surface area contributed by atoms with Gasteiger partial charge in [0, 0.05) is 11.1 Å². The quantitative estimate of drug-likeness (QED) is 0.868. The summed E-state index contributed by atoms with van der Waals surface area (Å²) in [6.07, 6.45) is 4.53. The molecule has 0 heterocycles. The summed E-state index contributed by atoms with van der Waals surface area (Å²) in [6, 6.07) is 6.80. The van der Waals surface area contributed by atoms with Gasteiger partial charge in [-0.3, -0.25) is 0 Å². The first kappa shape index (κ1) is 13.6. The summed E-state index contributed by atoms with van der Waals surface area (Å²) in [5.74, 6) is 0.707. The number of hydrogen-bond donors (Lipinski definition) is 1. The summed E-state index contributed by atoms with van der Waals surface area (Å²) in [5, 5.41) is 4.19. The van der Waals surface area contributed by atoms with Gasteiger partial charge in [0.2, 0.25) is 0 Å². The Labute approximate surface area is 120 Å².